The van der Waals surface area contributed by atoms with Crippen LogP contribution in [0, 0.1) is 116 Å². The van der Waals surface area contributed by atoms with Crippen molar-refractivity contribution in [2.75, 3.05) is 0 Å². The fourth-order valence-corrected chi connectivity index (χ4v) is 13.8. The van der Waals surface area contributed by atoms with Crippen LogP contribution in [0.3, 0.4) is 0 Å². The normalized spacial score (nSPS) is 12.0. The number of halogens is 20. The second-order valence-corrected chi connectivity index (χ2v) is 20.9. The van der Waals surface area contributed by atoms with Crippen LogP contribution in [0.1, 0.15) is 0 Å². The van der Waals surface area contributed by atoms with Crippen molar-refractivity contribution < 1.29 is 92.3 Å². The van der Waals surface area contributed by atoms with Crippen LogP contribution in [0.2, 0.25) is 0 Å². The Morgan fingerprint density at radius 1 is 0.235 bits per heavy atom. The SMILES string of the molecule is Fc1c(F)c(F)c([B-](c2c(F)c(F)c(F)c(F)c2F)(c2c(F)c(F)c(F)c(F)c2F)c2c(F)c(F)c(F)c(F)c2F)c(F)c1F.c1ccc([P+](Oc2ccc3ccc4cccc5ccc2c3c45)(c2ccccc2)c2ccccc2)cc1. The van der Waals surface area contributed by atoms with Crippen molar-refractivity contribution in [1.29, 1.82) is 0 Å². The summed E-state index contributed by atoms with van der Waals surface area (Å²) in [5.41, 5.74) is -14.3. The van der Waals surface area contributed by atoms with Gasteiger partial charge in [0.15, 0.2) is 75.6 Å². The number of hydrogen-bond donors (Lipinski definition) is 0. The third-order valence-electron chi connectivity index (χ3n) is 13.8. The molecule has 0 saturated heterocycles. The Morgan fingerprint density at radius 2 is 0.481 bits per heavy atom. The Hall–Kier alpha value is -8.65. The van der Waals surface area contributed by atoms with Gasteiger partial charge in [-0.2, -0.15) is 0 Å². The van der Waals surface area contributed by atoms with Gasteiger partial charge in [0.25, 0.3) is 7.49 Å². The van der Waals surface area contributed by atoms with Crippen molar-refractivity contribution in [3.63, 3.8) is 0 Å². The summed E-state index contributed by atoms with van der Waals surface area (Å²) in [6.07, 6.45) is -7.22. The molecule has 0 bridgehead atoms. The average Bonchev–Trinajstić information content (AvgIpc) is 3.31. The molecule has 0 saturated carbocycles. The van der Waals surface area contributed by atoms with Gasteiger partial charge in [-0.25, -0.2) is 87.8 Å². The van der Waals surface area contributed by atoms with Gasteiger partial charge in [0.05, 0.1) is 0 Å². The van der Waals surface area contributed by atoms with Gasteiger partial charge >= 0.3 is 0 Å². The van der Waals surface area contributed by atoms with E-state index in [0.29, 0.717) is 0 Å². The standard InChI is InChI=1S/C34H24OP.C24BF20/c1-4-13-28(14-5-1)36(29-15-6-2-7-16-29,30-17-8-3-9-18-30)35-32-24-22-27-20-19-25-11-10-12-26-21-23-31(32)34(27)33(25)26;26-5-1(6(27)14(35)21(42)13(5)34)25(2-7(28)15(36)22(43)16(37)8(2)29,3-9(30)17(38)23(44)18(39)10(3)31)4-11(32)19(40)24(45)20(41)12(4)33/h1-24H;/q+1;-1. The van der Waals surface area contributed by atoms with Gasteiger partial charge in [-0.3, -0.25) is 0 Å². The summed E-state index contributed by atoms with van der Waals surface area (Å²) in [4.78, 5) is 0. The van der Waals surface area contributed by atoms with Crippen molar-refractivity contribution in [1.82, 2.24) is 0 Å². The molecule has 0 fully saturated rings. The minimum absolute atomic E-state index is 0.922. The molecule has 23 heteroatoms. The topological polar surface area (TPSA) is 9.23 Å². The van der Waals surface area contributed by atoms with Gasteiger partial charge in [0, 0.05) is 10.8 Å². The number of benzene rings is 11. The highest BCUT2D eigenvalue weighted by Crippen LogP contribution is 2.57. The van der Waals surface area contributed by atoms with Crippen LogP contribution in [0.4, 0.5) is 87.8 Å². The number of rotatable bonds is 9. The molecule has 11 aromatic rings. The molecule has 0 aliphatic heterocycles. The molecule has 11 rings (SSSR count). The molecule has 0 N–H and O–H groups in total. The van der Waals surface area contributed by atoms with Gasteiger partial charge in [-0.05, 0) is 70.1 Å². The third kappa shape index (κ3) is 8.30. The predicted molar refractivity (Wildman–Crippen MR) is 265 cm³/mol. The lowest BCUT2D eigenvalue weighted by Gasteiger charge is -2.44. The lowest BCUT2D eigenvalue weighted by atomic mass is 9.12. The molecule has 410 valence electrons. The van der Waals surface area contributed by atoms with Gasteiger partial charge < -0.3 is 4.52 Å². The first-order valence-corrected chi connectivity index (χ1v) is 24.9. The Morgan fingerprint density at radius 3 is 0.778 bits per heavy atom. The summed E-state index contributed by atoms with van der Waals surface area (Å²) in [6, 6.07) is 52.0. The van der Waals surface area contributed by atoms with Crippen LogP contribution in [-0.2, 0) is 0 Å². The highest BCUT2D eigenvalue weighted by Gasteiger charge is 2.53. The van der Waals surface area contributed by atoms with E-state index in [2.05, 4.69) is 146 Å². The van der Waals surface area contributed by atoms with E-state index < -0.39 is 152 Å². The third-order valence-corrected chi connectivity index (χ3v) is 17.3. The van der Waals surface area contributed by atoms with E-state index in [9.17, 15) is 52.7 Å². The molecule has 0 atom stereocenters. The molecule has 0 aliphatic rings. The highest BCUT2D eigenvalue weighted by atomic mass is 31.2. The van der Waals surface area contributed by atoms with Crippen LogP contribution in [-0.4, -0.2) is 6.15 Å². The molecule has 1 nitrogen and oxygen atoms in total. The van der Waals surface area contributed by atoms with Crippen LogP contribution in [0.15, 0.2) is 146 Å². The maximum atomic E-state index is 15.4. The highest BCUT2D eigenvalue weighted by molar-refractivity contribution is 7.92. The summed E-state index contributed by atoms with van der Waals surface area (Å²) in [5.74, 6) is -70.5. The van der Waals surface area contributed by atoms with E-state index in [1.807, 2.05) is 0 Å². The molecule has 0 spiro atoms. The minimum atomic E-state index is -7.22. The van der Waals surface area contributed by atoms with Crippen molar-refractivity contribution in [2.24, 2.45) is 0 Å². The zero-order valence-corrected chi connectivity index (χ0v) is 40.7. The van der Waals surface area contributed by atoms with E-state index in [0.717, 1.165) is 11.1 Å². The molecular formula is C58H24BF20OP. The fraction of sp³-hybridized carbons (Fsp3) is 0. The van der Waals surface area contributed by atoms with Gasteiger partial charge in [0.1, 0.15) is 68.6 Å². The van der Waals surface area contributed by atoms with Crippen LogP contribution in [0.5, 0.6) is 5.75 Å². The average molecular weight is 1160 g/mol. The smallest absolute Gasteiger partial charge is 0.287 e. The van der Waals surface area contributed by atoms with Gasteiger partial charge in [0.2, 0.25) is 0 Å². The Bertz CT molecular complexity index is 3830. The van der Waals surface area contributed by atoms with E-state index in [1.165, 1.54) is 42.8 Å². The summed E-state index contributed by atoms with van der Waals surface area (Å²) in [5, 5.41) is 11.1. The molecule has 11 aromatic carbocycles. The summed E-state index contributed by atoms with van der Waals surface area (Å²) >= 11 is 0. The monoisotopic (exact) mass is 1160 g/mol. The van der Waals surface area contributed by atoms with Gasteiger partial charge in [-0.15, -0.1) is 21.9 Å². The zero-order chi connectivity index (χ0) is 58.3. The second-order valence-electron chi connectivity index (χ2n) is 17.9. The first-order chi connectivity index (χ1) is 38.5. The quantitative estimate of drug-likeness (QED) is 0.0350. The van der Waals surface area contributed by atoms with Crippen LogP contribution < -0.4 is 42.3 Å². The minimum Gasteiger partial charge on any atom is -0.334 e. The maximum absolute atomic E-state index is 15.4. The molecule has 0 radical (unpaired) electrons. The second kappa shape index (κ2) is 20.8. The first-order valence-electron chi connectivity index (χ1n) is 23.2. The summed E-state index contributed by atoms with van der Waals surface area (Å²) in [7, 11) is -2.47. The molecule has 0 aliphatic carbocycles. The van der Waals surface area contributed by atoms with E-state index in [-0.39, 0.29) is 0 Å². The maximum Gasteiger partial charge on any atom is 0.287 e. The Kier molecular flexibility index (Phi) is 14.3. The van der Waals surface area contributed by atoms with Crippen molar-refractivity contribution in [3.05, 3.63) is 262 Å². The van der Waals surface area contributed by atoms with Crippen LogP contribution in [0.25, 0.3) is 32.3 Å². The fourth-order valence-electron chi connectivity index (χ4n) is 10.3. The Labute approximate surface area is 442 Å². The van der Waals surface area contributed by atoms with Crippen molar-refractivity contribution in [3.8, 4) is 5.75 Å². The molecule has 0 heterocycles. The van der Waals surface area contributed by atoms with E-state index in [1.54, 1.807) is 0 Å². The van der Waals surface area contributed by atoms with E-state index >= 15 is 35.1 Å². The lowest BCUT2D eigenvalue weighted by Crippen LogP contribution is -2.81. The molecule has 0 amide bonds. The Balaban J connectivity index is 0.000000185. The van der Waals surface area contributed by atoms with Gasteiger partial charge in [-0.1, -0.05) is 97.1 Å². The van der Waals surface area contributed by atoms with Crippen LogP contribution >= 0.6 is 7.49 Å². The summed E-state index contributed by atoms with van der Waals surface area (Å²) < 4.78 is 301. The first kappa shape index (κ1) is 55.7. The summed E-state index contributed by atoms with van der Waals surface area (Å²) in [6.45, 7) is 0. The predicted octanol–water partition coefficient (Wildman–Crippen LogP) is 13.7. The number of hydrogen-bond acceptors (Lipinski definition) is 1. The molecule has 0 unspecified atom stereocenters. The molecule has 0 aromatic heterocycles. The molecule has 81 heavy (non-hydrogen) atoms. The van der Waals surface area contributed by atoms with E-state index in [4.69, 9.17) is 4.52 Å². The zero-order valence-electron chi connectivity index (χ0n) is 39.8. The van der Waals surface area contributed by atoms with Crippen molar-refractivity contribution in [2.45, 2.75) is 0 Å². The van der Waals surface area contributed by atoms with Crippen molar-refractivity contribution >= 4 is 83.7 Å². The largest absolute Gasteiger partial charge is 0.334 e. The molecular weight excluding hydrogens is 1130 g/mol. The lowest BCUT2D eigenvalue weighted by molar-refractivity contribution is 0.378.